The molecule has 8 heteroatoms. The highest BCUT2D eigenvalue weighted by molar-refractivity contribution is 5.77. The molecule has 1 heterocycles. The Labute approximate surface area is 146 Å². The fourth-order valence-electron chi connectivity index (χ4n) is 2.67. The Bertz CT molecular complexity index is 783. The van der Waals surface area contributed by atoms with Gasteiger partial charge in [-0.3, -0.25) is 4.79 Å². The number of methoxy groups -OCH3 is 1. The molecule has 1 N–H and O–H groups in total. The van der Waals surface area contributed by atoms with Gasteiger partial charge in [0.2, 0.25) is 11.7 Å². The van der Waals surface area contributed by atoms with Gasteiger partial charge < -0.3 is 24.7 Å². The Balaban J connectivity index is 2.03. The summed E-state index contributed by atoms with van der Waals surface area (Å²) in [5.74, 6) is 0.830. The van der Waals surface area contributed by atoms with E-state index >= 15 is 0 Å². The topological polar surface area (TPSA) is 99.3 Å². The minimum Gasteiger partial charge on any atom is -0.496 e. The number of nitro groups is 1. The quantitative estimate of drug-likeness (QED) is 0.613. The first kappa shape index (κ1) is 18.4. The molecule has 1 amide bonds. The summed E-state index contributed by atoms with van der Waals surface area (Å²) in [6.07, 6.45) is 1.53. The van der Waals surface area contributed by atoms with Crippen molar-refractivity contribution in [3.63, 3.8) is 0 Å². The molecule has 0 bridgehead atoms. The molecule has 0 unspecified atom stereocenters. The van der Waals surface area contributed by atoms with Crippen LogP contribution in [0.2, 0.25) is 0 Å². The van der Waals surface area contributed by atoms with Crippen molar-refractivity contribution in [3.05, 3.63) is 52.0 Å². The summed E-state index contributed by atoms with van der Waals surface area (Å²) < 4.78 is 6.96. The molecule has 0 atom stereocenters. The number of benzene rings is 1. The van der Waals surface area contributed by atoms with E-state index in [4.69, 9.17) is 4.74 Å². The largest absolute Gasteiger partial charge is 0.496 e. The number of rotatable bonds is 7. The standard InChI is InChI=1S/C17H22N4O4/c1-12-18-15(21(23)24)11-20(12)10-9-16(22)19-17(2,3)13-7-5-6-8-14(13)25-4/h5-8,11H,9-10H2,1-4H3,(H,19,22). The summed E-state index contributed by atoms with van der Waals surface area (Å²) in [4.78, 5) is 26.4. The molecular weight excluding hydrogens is 324 g/mol. The van der Waals surface area contributed by atoms with E-state index in [0.29, 0.717) is 18.1 Å². The molecule has 1 aromatic heterocycles. The molecule has 2 aromatic rings. The van der Waals surface area contributed by atoms with E-state index in [1.54, 1.807) is 18.6 Å². The van der Waals surface area contributed by atoms with Crippen molar-refractivity contribution in [1.29, 1.82) is 0 Å². The number of aromatic nitrogens is 2. The van der Waals surface area contributed by atoms with Crippen LogP contribution in [0.15, 0.2) is 30.5 Å². The van der Waals surface area contributed by atoms with E-state index < -0.39 is 10.5 Å². The second-order valence-corrected chi connectivity index (χ2v) is 6.22. The van der Waals surface area contributed by atoms with Crippen molar-refractivity contribution in [2.45, 2.75) is 39.3 Å². The van der Waals surface area contributed by atoms with Gasteiger partial charge in [-0.15, -0.1) is 0 Å². The van der Waals surface area contributed by atoms with Crippen LogP contribution in [0.4, 0.5) is 5.82 Å². The molecule has 0 saturated heterocycles. The second kappa shape index (κ2) is 7.33. The average molecular weight is 346 g/mol. The van der Waals surface area contributed by atoms with Crippen LogP contribution in [0.3, 0.4) is 0 Å². The lowest BCUT2D eigenvalue weighted by Gasteiger charge is -2.28. The zero-order valence-corrected chi connectivity index (χ0v) is 14.8. The van der Waals surface area contributed by atoms with Crippen molar-refractivity contribution in [2.24, 2.45) is 0 Å². The van der Waals surface area contributed by atoms with Gasteiger partial charge in [-0.1, -0.05) is 18.2 Å². The van der Waals surface area contributed by atoms with Crippen molar-refractivity contribution in [2.75, 3.05) is 7.11 Å². The maximum atomic E-state index is 12.3. The van der Waals surface area contributed by atoms with E-state index in [2.05, 4.69) is 10.3 Å². The number of para-hydroxylation sites is 1. The van der Waals surface area contributed by atoms with Crippen LogP contribution in [0, 0.1) is 17.0 Å². The maximum Gasteiger partial charge on any atom is 0.381 e. The Morgan fingerprint density at radius 1 is 1.40 bits per heavy atom. The normalized spacial score (nSPS) is 11.2. The van der Waals surface area contributed by atoms with E-state index in [-0.39, 0.29) is 18.1 Å². The Morgan fingerprint density at radius 2 is 2.08 bits per heavy atom. The number of hydrogen-bond acceptors (Lipinski definition) is 5. The van der Waals surface area contributed by atoms with Crippen LogP contribution < -0.4 is 10.1 Å². The molecule has 134 valence electrons. The monoisotopic (exact) mass is 346 g/mol. The van der Waals surface area contributed by atoms with E-state index in [1.165, 1.54) is 6.20 Å². The van der Waals surface area contributed by atoms with E-state index in [9.17, 15) is 14.9 Å². The Kier molecular flexibility index (Phi) is 5.41. The van der Waals surface area contributed by atoms with Crippen molar-refractivity contribution in [1.82, 2.24) is 14.9 Å². The van der Waals surface area contributed by atoms with Crippen LogP contribution in [0.5, 0.6) is 5.75 Å². The number of nitrogens with one attached hydrogen (secondary N) is 1. The fourth-order valence-corrected chi connectivity index (χ4v) is 2.67. The molecule has 0 aliphatic carbocycles. The number of carbonyl (C=O) groups excluding carboxylic acids is 1. The zero-order chi connectivity index (χ0) is 18.6. The van der Waals surface area contributed by atoms with Gasteiger partial charge >= 0.3 is 5.82 Å². The third kappa shape index (κ3) is 4.34. The third-order valence-electron chi connectivity index (χ3n) is 3.96. The summed E-state index contributed by atoms with van der Waals surface area (Å²) in [5, 5.41) is 13.7. The van der Waals surface area contributed by atoms with Gasteiger partial charge in [-0.05, 0) is 29.8 Å². The lowest BCUT2D eigenvalue weighted by molar-refractivity contribution is -0.389. The third-order valence-corrected chi connectivity index (χ3v) is 3.96. The number of aryl methyl sites for hydroxylation is 2. The molecular formula is C17H22N4O4. The Hall–Kier alpha value is -2.90. The number of imidazole rings is 1. The van der Waals surface area contributed by atoms with Gasteiger partial charge in [-0.2, -0.15) is 0 Å². The zero-order valence-electron chi connectivity index (χ0n) is 14.8. The first-order chi connectivity index (χ1) is 11.7. The molecule has 0 aliphatic heterocycles. The lowest BCUT2D eigenvalue weighted by Crippen LogP contribution is -2.41. The molecule has 0 saturated carbocycles. The number of ether oxygens (including phenoxy) is 1. The van der Waals surface area contributed by atoms with Gasteiger partial charge in [0.25, 0.3) is 0 Å². The summed E-state index contributed by atoms with van der Waals surface area (Å²) in [5.41, 5.74) is 0.264. The number of nitrogens with zero attached hydrogens (tertiary/aromatic N) is 3. The summed E-state index contributed by atoms with van der Waals surface area (Å²) in [7, 11) is 1.59. The van der Waals surface area contributed by atoms with Crippen LogP contribution >= 0.6 is 0 Å². The molecule has 8 nitrogen and oxygen atoms in total. The SMILES string of the molecule is COc1ccccc1C(C)(C)NC(=O)CCn1cc([N+](=O)[O-])nc1C. The number of amides is 1. The van der Waals surface area contributed by atoms with Crippen LogP contribution in [-0.2, 0) is 16.9 Å². The lowest BCUT2D eigenvalue weighted by atomic mass is 9.93. The number of hydrogen-bond donors (Lipinski definition) is 1. The summed E-state index contributed by atoms with van der Waals surface area (Å²) >= 11 is 0. The predicted octanol–water partition coefficient (Wildman–Crippen LogP) is 2.55. The molecule has 0 radical (unpaired) electrons. The highest BCUT2D eigenvalue weighted by Gasteiger charge is 2.26. The van der Waals surface area contributed by atoms with Crippen LogP contribution in [0.1, 0.15) is 31.7 Å². The molecule has 25 heavy (non-hydrogen) atoms. The van der Waals surface area contributed by atoms with Gasteiger partial charge in [0.15, 0.2) is 0 Å². The Morgan fingerprint density at radius 3 is 2.68 bits per heavy atom. The predicted molar refractivity (Wildman–Crippen MR) is 92.4 cm³/mol. The van der Waals surface area contributed by atoms with E-state index in [0.717, 1.165) is 5.56 Å². The number of carbonyl (C=O) groups is 1. The van der Waals surface area contributed by atoms with Gasteiger partial charge in [-0.25, -0.2) is 0 Å². The second-order valence-electron chi connectivity index (χ2n) is 6.22. The summed E-state index contributed by atoms with van der Waals surface area (Å²) in [6.45, 7) is 5.79. The molecule has 2 rings (SSSR count). The van der Waals surface area contributed by atoms with E-state index in [1.807, 2.05) is 38.1 Å². The minimum atomic E-state index is -0.611. The average Bonchev–Trinajstić information content (AvgIpc) is 2.94. The van der Waals surface area contributed by atoms with Crippen LogP contribution in [-0.4, -0.2) is 27.5 Å². The highest BCUT2D eigenvalue weighted by atomic mass is 16.6. The molecule has 0 spiro atoms. The molecule has 0 fully saturated rings. The van der Waals surface area contributed by atoms with Gasteiger partial charge in [0.1, 0.15) is 11.9 Å². The summed E-state index contributed by atoms with van der Waals surface area (Å²) in [6, 6.07) is 7.51. The van der Waals surface area contributed by atoms with Crippen molar-refractivity contribution < 1.29 is 14.5 Å². The van der Waals surface area contributed by atoms with Gasteiger partial charge in [0, 0.05) is 25.5 Å². The van der Waals surface area contributed by atoms with Crippen molar-refractivity contribution in [3.8, 4) is 5.75 Å². The first-order valence-electron chi connectivity index (χ1n) is 7.87. The molecule has 0 aliphatic rings. The highest BCUT2D eigenvalue weighted by Crippen LogP contribution is 2.29. The maximum absolute atomic E-state index is 12.3. The molecule has 1 aromatic carbocycles. The smallest absolute Gasteiger partial charge is 0.381 e. The first-order valence-corrected chi connectivity index (χ1v) is 7.87. The fraction of sp³-hybridized carbons (Fsp3) is 0.412. The van der Waals surface area contributed by atoms with Crippen molar-refractivity contribution >= 4 is 11.7 Å². The van der Waals surface area contributed by atoms with Crippen LogP contribution in [0.25, 0.3) is 0 Å². The minimum absolute atomic E-state index is 0.161. The van der Waals surface area contributed by atoms with Gasteiger partial charge in [0.05, 0.1) is 12.6 Å².